The Morgan fingerprint density at radius 2 is 1.35 bits per heavy atom. The Labute approximate surface area is 137 Å². The standard InChI is InChI=1S/C10H9.3C2H6N.Ti/c1-8-4-2-5-9-6-3-7-10(8)9;3*1-3-2;/h2-7H,1H3;3*1-2H3;/q;3*-1;+3. The number of aryl methyl sites for hydroxylation is 1. The fourth-order valence-corrected chi connectivity index (χ4v) is 2.04. The summed E-state index contributed by atoms with van der Waals surface area (Å²) in [6.45, 7) is 2.17. The van der Waals surface area contributed by atoms with Gasteiger partial charge in [0.15, 0.2) is 0 Å². The summed E-state index contributed by atoms with van der Waals surface area (Å²) >= 11 is 2.24. The van der Waals surface area contributed by atoms with E-state index < -0.39 is 0 Å². The molecule has 1 aliphatic carbocycles. The van der Waals surface area contributed by atoms with Crippen LogP contribution in [0.4, 0.5) is 0 Å². The van der Waals surface area contributed by atoms with Crippen molar-refractivity contribution >= 4 is 6.08 Å². The SMILES string of the molecule is C[N-]C.C[N-]C.C[N-]C.Cc1cccc2c1C=C[CH]2[Ti+3]. The summed E-state index contributed by atoms with van der Waals surface area (Å²) < 4.78 is 0.616. The van der Waals surface area contributed by atoms with Gasteiger partial charge in [-0.3, -0.25) is 0 Å². The number of hydrogen-bond acceptors (Lipinski definition) is 0. The molecule has 110 valence electrons. The van der Waals surface area contributed by atoms with E-state index in [2.05, 4.69) is 73.7 Å². The first-order valence-corrected chi connectivity index (χ1v) is 7.36. The van der Waals surface area contributed by atoms with Crippen LogP contribution in [-0.4, -0.2) is 42.3 Å². The van der Waals surface area contributed by atoms with Crippen molar-refractivity contribution in [2.75, 3.05) is 42.3 Å². The van der Waals surface area contributed by atoms with Crippen molar-refractivity contribution in [2.24, 2.45) is 0 Å². The number of nitrogens with zero attached hydrogens (tertiary/aromatic N) is 3. The van der Waals surface area contributed by atoms with Crippen LogP contribution < -0.4 is 0 Å². The van der Waals surface area contributed by atoms with Gasteiger partial charge in [0.05, 0.1) is 0 Å². The zero-order valence-corrected chi connectivity index (χ0v) is 15.4. The molecule has 2 rings (SSSR count). The van der Waals surface area contributed by atoms with E-state index >= 15 is 0 Å². The summed E-state index contributed by atoms with van der Waals surface area (Å²) in [5.74, 6) is 0. The van der Waals surface area contributed by atoms with Gasteiger partial charge < -0.3 is 16.0 Å². The summed E-state index contributed by atoms with van der Waals surface area (Å²) in [7, 11) is 10.5. The molecule has 3 nitrogen and oxygen atoms in total. The van der Waals surface area contributed by atoms with Crippen LogP contribution in [-0.2, 0) is 20.4 Å². The fourth-order valence-electron chi connectivity index (χ4n) is 1.50. The number of benzene rings is 1. The van der Waals surface area contributed by atoms with Crippen LogP contribution in [0.3, 0.4) is 0 Å². The third-order valence-electron chi connectivity index (χ3n) is 2.15. The van der Waals surface area contributed by atoms with E-state index in [-0.39, 0.29) is 0 Å². The second-order valence-electron chi connectivity index (χ2n) is 4.26. The molecule has 0 bridgehead atoms. The van der Waals surface area contributed by atoms with E-state index in [9.17, 15) is 0 Å². The Balaban J connectivity index is 0. The molecule has 1 aromatic rings. The second kappa shape index (κ2) is 15.0. The van der Waals surface area contributed by atoms with Crippen molar-refractivity contribution in [1.82, 2.24) is 0 Å². The zero-order valence-electron chi connectivity index (χ0n) is 13.8. The van der Waals surface area contributed by atoms with Crippen LogP contribution in [0.1, 0.15) is 20.9 Å². The predicted molar refractivity (Wildman–Crippen MR) is 88.6 cm³/mol. The monoisotopic (exact) mass is 309 g/mol. The average molecular weight is 309 g/mol. The van der Waals surface area contributed by atoms with Gasteiger partial charge >= 0.3 is 78.6 Å². The van der Waals surface area contributed by atoms with Crippen LogP contribution in [0.25, 0.3) is 22.0 Å². The molecule has 0 saturated carbocycles. The molecule has 1 aliphatic rings. The van der Waals surface area contributed by atoms with Crippen LogP contribution in [0.5, 0.6) is 0 Å². The van der Waals surface area contributed by atoms with E-state index in [0.717, 1.165) is 0 Å². The molecule has 0 N–H and O–H groups in total. The Morgan fingerprint density at radius 1 is 0.900 bits per heavy atom. The van der Waals surface area contributed by atoms with Gasteiger partial charge in [0.2, 0.25) is 0 Å². The van der Waals surface area contributed by atoms with E-state index in [4.69, 9.17) is 0 Å². The minimum atomic E-state index is 0.616. The maximum atomic E-state index is 3.50. The number of fused-ring (bicyclic) bond motifs is 1. The van der Waals surface area contributed by atoms with Crippen LogP contribution in [0.15, 0.2) is 24.3 Å². The second-order valence-corrected chi connectivity index (χ2v) is 5.23. The molecule has 0 aliphatic heterocycles. The Morgan fingerprint density at radius 3 is 1.75 bits per heavy atom. The van der Waals surface area contributed by atoms with Crippen molar-refractivity contribution in [3.8, 4) is 0 Å². The average Bonchev–Trinajstić information content (AvgIpc) is 2.76. The van der Waals surface area contributed by atoms with Gasteiger partial charge in [0.1, 0.15) is 0 Å². The molecule has 0 amide bonds. The maximum absolute atomic E-state index is 3.50. The topological polar surface area (TPSA) is 42.3 Å². The number of hydrogen-bond donors (Lipinski definition) is 0. The first kappa shape index (κ1) is 21.8. The van der Waals surface area contributed by atoms with Crippen molar-refractivity contribution in [3.05, 3.63) is 56.9 Å². The number of allylic oxidation sites excluding steroid dienone is 1. The van der Waals surface area contributed by atoms with Crippen molar-refractivity contribution < 1.29 is 20.4 Å². The molecule has 0 aromatic heterocycles. The number of rotatable bonds is 0. The van der Waals surface area contributed by atoms with Gasteiger partial charge in [-0.05, 0) is 0 Å². The molecule has 1 unspecified atom stereocenters. The Kier molecular flexibility index (Phi) is 16.3. The summed E-state index contributed by atoms with van der Waals surface area (Å²) in [6, 6.07) is 6.52. The molecule has 0 spiro atoms. The molecule has 0 heterocycles. The normalized spacial score (nSPS) is 13.9. The van der Waals surface area contributed by atoms with E-state index in [1.165, 1.54) is 16.7 Å². The molecule has 0 fully saturated rings. The third-order valence-corrected chi connectivity index (χ3v) is 2.93. The molecule has 0 saturated heterocycles. The first-order valence-electron chi connectivity index (χ1n) is 6.46. The van der Waals surface area contributed by atoms with Gasteiger partial charge in [-0.15, -0.1) is 0 Å². The third kappa shape index (κ3) is 9.46. The Bertz CT molecular complexity index is 360. The van der Waals surface area contributed by atoms with Crippen LogP contribution in [0, 0.1) is 6.92 Å². The predicted octanol–water partition coefficient (Wildman–Crippen LogP) is 4.47. The van der Waals surface area contributed by atoms with Crippen molar-refractivity contribution in [1.29, 1.82) is 0 Å². The zero-order chi connectivity index (χ0) is 16.0. The van der Waals surface area contributed by atoms with Crippen molar-refractivity contribution in [2.45, 2.75) is 11.1 Å². The Hall–Kier alpha value is -0.446. The molecule has 4 heteroatoms. The molecule has 0 radical (unpaired) electrons. The molecular formula is C16H27N3Ti. The first-order chi connectivity index (χ1) is 9.53. The summed E-state index contributed by atoms with van der Waals surface area (Å²) in [5, 5.41) is 10.5. The van der Waals surface area contributed by atoms with E-state index in [1.54, 1.807) is 42.3 Å². The van der Waals surface area contributed by atoms with Crippen LogP contribution in [0.2, 0.25) is 0 Å². The van der Waals surface area contributed by atoms with Gasteiger partial charge in [-0.25, -0.2) is 0 Å². The van der Waals surface area contributed by atoms with Gasteiger partial charge in [0, 0.05) is 0 Å². The quantitative estimate of drug-likeness (QED) is 0.635. The molecule has 1 atom stereocenters. The summed E-state index contributed by atoms with van der Waals surface area (Å²) in [6.07, 6.45) is 4.49. The van der Waals surface area contributed by atoms with E-state index in [0.29, 0.717) is 4.22 Å². The van der Waals surface area contributed by atoms with Gasteiger partial charge in [0.25, 0.3) is 0 Å². The minimum absolute atomic E-state index is 0.616. The van der Waals surface area contributed by atoms with Gasteiger partial charge in [-0.2, -0.15) is 42.3 Å². The molecular weight excluding hydrogens is 282 g/mol. The van der Waals surface area contributed by atoms with E-state index in [1.807, 2.05) is 0 Å². The van der Waals surface area contributed by atoms with Crippen LogP contribution >= 0.6 is 0 Å². The summed E-state index contributed by atoms with van der Waals surface area (Å²) in [4.78, 5) is 0. The molecule has 1 aromatic carbocycles. The summed E-state index contributed by atoms with van der Waals surface area (Å²) in [5.41, 5.74) is 4.30. The van der Waals surface area contributed by atoms with Gasteiger partial charge in [-0.1, -0.05) is 0 Å². The van der Waals surface area contributed by atoms with Crippen molar-refractivity contribution in [3.63, 3.8) is 0 Å². The molecule has 20 heavy (non-hydrogen) atoms. The fraction of sp³-hybridized carbons (Fsp3) is 0.500.